The maximum Gasteiger partial charge on any atom is 0.354 e. The number of carboxylic acid groups (broad SMARTS) is 1. The number of aliphatic carboxylic acids is 1. The van der Waals surface area contributed by atoms with E-state index in [4.69, 9.17) is 21.4 Å². The van der Waals surface area contributed by atoms with Crippen molar-refractivity contribution < 1.29 is 14.6 Å². The fourth-order valence-electron chi connectivity index (χ4n) is 3.57. The van der Waals surface area contributed by atoms with Gasteiger partial charge in [-0.25, -0.2) is 14.2 Å². The minimum atomic E-state index is -1.01. The second-order valence-corrected chi connectivity index (χ2v) is 8.68. The summed E-state index contributed by atoms with van der Waals surface area (Å²) >= 11 is 5.98. The number of pyridine rings is 1. The Morgan fingerprint density at radius 3 is 2.43 bits per heavy atom. The van der Waals surface area contributed by atoms with Gasteiger partial charge in [0.25, 0.3) is 0 Å². The molecule has 0 spiro atoms. The Labute approximate surface area is 216 Å². The van der Waals surface area contributed by atoms with Crippen LogP contribution in [0.1, 0.15) is 24.1 Å². The van der Waals surface area contributed by atoms with Gasteiger partial charge in [-0.3, -0.25) is 14.3 Å². The van der Waals surface area contributed by atoms with Crippen molar-refractivity contribution >= 4 is 29.2 Å². The first-order valence-electron chi connectivity index (χ1n) is 11.4. The summed E-state index contributed by atoms with van der Waals surface area (Å²) in [4.78, 5) is 45.1. The second kappa shape index (κ2) is 11.5. The Morgan fingerprint density at radius 2 is 1.76 bits per heavy atom. The van der Waals surface area contributed by atoms with Gasteiger partial charge in [-0.1, -0.05) is 23.7 Å². The van der Waals surface area contributed by atoms with E-state index >= 15 is 0 Å². The lowest BCUT2D eigenvalue weighted by molar-refractivity contribution is -0.137. The zero-order valence-corrected chi connectivity index (χ0v) is 20.7. The summed E-state index contributed by atoms with van der Waals surface area (Å²) in [6, 6.07) is 17.5. The van der Waals surface area contributed by atoms with Crippen LogP contribution in [-0.4, -0.2) is 30.2 Å². The molecule has 4 aromatic rings. The van der Waals surface area contributed by atoms with Crippen LogP contribution in [0, 0.1) is 6.92 Å². The molecule has 190 valence electrons. The molecule has 0 aliphatic rings. The summed E-state index contributed by atoms with van der Waals surface area (Å²) in [6.07, 6.45) is 1.62. The Morgan fingerprint density at radius 1 is 1.03 bits per heavy atom. The van der Waals surface area contributed by atoms with Crippen LogP contribution in [0.15, 0.2) is 76.4 Å². The highest BCUT2D eigenvalue weighted by Gasteiger charge is 2.15. The number of benzene rings is 2. The standard InChI is InChI=1S/C26H24ClN5O5/c1-17-15-22(12-13-28-17)37-21-10-8-20(9-11-21)29-24-30-25(35)31(14-2-3-23(33)34)26(36)32(24)16-18-4-6-19(27)7-5-18/h4-13,15H,2-3,14,16H2,1H3,(H,33,34)(H,29,30,35). The molecule has 2 heterocycles. The minimum Gasteiger partial charge on any atom is -0.481 e. The van der Waals surface area contributed by atoms with E-state index in [0.29, 0.717) is 22.2 Å². The molecule has 0 atom stereocenters. The van der Waals surface area contributed by atoms with Gasteiger partial charge in [0.05, 0.1) is 6.54 Å². The number of rotatable bonds is 10. The third-order valence-electron chi connectivity index (χ3n) is 5.39. The van der Waals surface area contributed by atoms with Gasteiger partial charge >= 0.3 is 17.3 Å². The van der Waals surface area contributed by atoms with Crippen LogP contribution < -0.4 is 21.4 Å². The Balaban J connectivity index is 1.62. The largest absolute Gasteiger partial charge is 0.481 e. The Hall–Kier alpha value is -4.44. The molecule has 0 bridgehead atoms. The van der Waals surface area contributed by atoms with E-state index in [1.54, 1.807) is 60.8 Å². The molecule has 2 aromatic heterocycles. The number of nitrogens with zero attached hydrogens (tertiary/aromatic N) is 4. The van der Waals surface area contributed by atoms with Crippen molar-refractivity contribution in [2.24, 2.45) is 0 Å². The van der Waals surface area contributed by atoms with Crippen molar-refractivity contribution in [3.63, 3.8) is 0 Å². The van der Waals surface area contributed by atoms with Crippen molar-refractivity contribution in [1.29, 1.82) is 0 Å². The summed E-state index contributed by atoms with van der Waals surface area (Å²) in [6.45, 7) is 1.93. The normalized spacial score (nSPS) is 10.8. The number of nitrogens with one attached hydrogen (secondary N) is 1. The van der Waals surface area contributed by atoms with Gasteiger partial charge in [0, 0.05) is 41.6 Å². The topological polar surface area (TPSA) is 128 Å². The number of hydrogen-bond donors (Lipinski definition) is 2. The first-order chi connectivity index (χ1) is 17.8. The predicted octanol–water partition coefficient (Wildman–Crippen LogP) is 4.21. The zero-order chi connectivity index (χ0) is 26.4. The SMILES string of the molecule is Cc1cc(Oc2ccc(Nc3nc(=O)n(CCCC(=O)O)c(=O)n3Cc3ccc(Cl)cc3)cc2)ccn1. The minimum absolute atomic E-state index is 0.0536. The van der Waals surface area contributed by atoms with Gasteiger partial charge < -0.3 is 15.2 Å². The van der Waals surface area contributed by atoms with E-state index in [2.05, 4.69) is 15.3 Å². The average Bonchev–Trinajstić information content (AvgIpc) is 2.86. The molecule has 2 aromatic carbocycles. The number of aryl methyl sites for hydroxylation is 1. The van der Waals surface area contributed by atoms with Crippen LogP contribution in [0.3, 0.4) is 0 Å². The van der Waals surface area contributed by atoms with Crippen LogP contribution in [0.2, 0.25) is 5.02 Å². The maximum atomic E-state index is 13.3. The molecule has 0 saturated heterocycles. The van der Waals surface area contributed by atoms with Crippen LogP contribution >= 0.6 is 11.6 Å². The van der Waals surface area contributed by atoms with E-state index in [1.807, 2.05) is 13.0 Å². The summed E-state index contributed by atoms with van der Waals surface area (Å²) < 4.78 is 8.11. The van der Waals surface area contributed by atoms with Crippen molar-refractivity contribution in [3.8, 4) is 11.5 Å². The molecule has 0 radical (unpaired) electrons. The molecule has 11 heteroatoms. The summed E-state index contributed by atoms with van der Waals surface area (Å²) in [5.74, 6) is 0.292. The fraction of sp³-hybridized carbons (Fsp3) is 0.192. The quantitative estimate of drug-likeness (QED) is 0.317. The number of hydrogen-bond acceptors (Lipinski definition) is 7. The van der Waals surface area contributed by atoms with Crippen molar-refractivity contribution in [2.75, 3.05) is 5.32 Å². The van der Waals surface area contributed by atoms with Gasteiger partial charge in [-0.05, 0) is 61.4 Å². The van der Waals surface area contributed by atoms with E-state index in [0.717, 1.165) is 15.8 Å². The Bertz CT molecular complexity index is 1510. The van der Waals surface area contributed by atoms with Crippen molar-refractivity contribution in [2.45, 2.75) is 32.9 Å². The van der Waals surface area contributed by atoms with Crippen molar-refractivity contribution in [1.82, 2.24) is 19.1 Å². The lowest BCUT2D eigenvalue weighted by atomic mass is 10.2. The third-order valence-corrected chi connectivity index (χ3v) is 5.64. The molecule has 0 saturated carbocycles. The third kappa shape index (κ3) is 6.83. The van der Waals surface area contributed by atoms with E-state index in [1.165, 1.54) is 4.57 Å². The molecule has 2 N–H and O–H groups in total. The number of anilines is 2. The van der Waals surface area contributed by atoms with Crippen LogP contribution in [0.4, 0.5) is 11.6 Å². The van der Waals surface area contributed by atoms with Crippen LogP contribution in [0.5, 0.6) is 11.5 Å². The van der Waals surface area contributed by atoms with Crippen LogP contribution in [0.25, 0.3) is 0 Å². The summed E-state index contributed by atoms with van der Waals surface area (Å²) in [5, 5.41) is 12.5. The highest BCUT2D eigenvalue weighted by molar-refractivity contribution is 6.30. The van der Waals surface area contributed by atoms with Gasteiger partial charge in [0.1, 0.15) is 11.5 Å². The first-order valence-corrected chi connectivity index (χ1v) is 11.8. The average molecular weight is 522 g/mol. The summed E-state index contributed by atoms with van der Waals surface area (Å²) in [7, 11) is 0. The lowest BCUT2D eigenvalue weighted by Crippen LogP contribution is -2.42. The predicted molar refractivity (Wildman–Crippen MR) is 139 cm³/mol. The zero-order valence-electron chi connectivity index (χ0n) is 19.9. The highest BCUT2D eigenvalue weighted by Crippen LogP contribution is 2.24. The Kier molecular flexibility index (Phi) is 7.99. The molecule has 37 heavy (non-hydrogen) atoms. The fourth-order valence-corrected chi connectivity index (χ4v) is 3.70. The smallest absolute Gasteiger partial charge is 0.354 e. The summed E-state index contributed by atoms with van der Waals surface area (Å²) in [5.41, 5.74) is 0.814. The van der Waals surface area contributed by atoms with Gasteiger partial charge in [0.2, 0.25) is 5.95 Å². The molecule has 10 nitrogen and oxygen atoms in total. The number of ether oxygens (including phenoxy) is 1. The molecular formula is C26H24ClN5O5. The number of aromatic nitrogens is 4. The molecular weight excluding hydrogens is 498 g/mol. The monoisotopic (exact) mass is 521 g/mol. The second-order valence-electron chi connectivity index (χ2n) is 8.25. The lowest BCUT2D eigenvalue weighted by Gasteiger charge is -2.16. The number of carbonyl (C=O) groups is 1. The molecule has 0 aliphatic heterocycles. The van der Waals surface area contributed by atoms with Gasteiger partial charge in [-0.2, -0.15) is 4.98 Å². The number of halogens is 1. The van der Waals surface area contributed by atoms with Crippen LogP contribution in [-0.2, 0) is 17.9 Å². The van der Waals surface area contributed by atoms with E-state index in [9.17, 15) is 14.4 Å². The molecule has 0 aliphatic carbocycles. The van der Waals surface area contributed by atoms with Crippen molar-refractivity contribution in [3.05, 3.63) is 104 Å². The molecule has 0 fully saturated rings. The van der Waals surface area contributed by atoms with Gasteiger partial charge in [-0.15, -0.1) is 0 Å². The van der Waals surface area contributed by atoms with E-state index in [-0.39, 0.29) is 31.9 Å². The molecule has 4 rings (SSSR count). The number of carboxylic acids is 1. The van der Waals surface area contributed by atoms with Gasteiger partial charge in [0.15, 0.2) is 0 Å². The first kappa shape index (κ1) is 25.6. The highest BCUT2D eigenvalue weighted by atomic mass is 35.5. The molecule has 0 amide bonds. The van der Waals surface area contributed by atoms with E-state index < -0.39 is 17.3 Å². The maximum absolute atomic E-state index is 13.3. The molecule has 0 unspecified atom stereocenters.